The number of phenols is 1. The Labute approximate surface area is 523 Å². The van der Waals surface area contributed by atoms with Gasteiger partial charge in [-0.2, -0.15) is 0 Å². The van der Waals surface area contributed by atoms with Gasteiger partial charge < -0.3 is 59.0 Å². The van der Waals surface area contributed by atoms with Crippen molar-refractivity contribution in [3.8, 4) is 23.0 Å². The summed E-state index contributed by atoms with van der Waals surface area (Å²) in [6.07, 6.45) is 2.56. The Morgan fingerprint density at radius 3 is 1.96 bits per heavy atom. The molecule has 2 aliphatic rings. The molecule has 1 fully saturated rings. The zero-order valence-corrected chi connectivity index (χ0v) is 51.8. The number of methoxy groups -OCH3 is 2. The molecular formula is C68H79FN6O15. The minimum absolute atomic E-state index is 0.0108. The number of halogens is 1. The highest BCUT2D eigenvalue weighted by Crippen LogP contribution is 2.34. The third-order valence-electron chi connectivity index (χ3n) is 15.9. The highest BCUT2D eigenvalue weighted by molar-refractivity contribution is 6.38. The number of carbonyl (C=O) groups excluding carboxylic acids is 9. The number of aromatic hydroxyl groups is 1. The fraction of sp³-hybridized carbons (Fsp3) is 0.397. The number of Topliss-reactive ketones (excluding diaryl/α,β-unsaturated/α-hetero) is 1. The van der Waals surface area contributed by atoms with Crippen LogP contribution in [0.25, 0.3) is 0 Å². The number of benzene rings is 5. The topological polar surface area (TPSA) is 257 Å². The van der Waals surface area contributed by atoms with Crippen molar-refractivity contribution in [2.45, 2.75) is 102 Å². The predicted molar refractivity (Wildman–Crippen MR) is 329 cm³/mol. The number of hydrogen-bond donors (Lipinski definition) is 3. The zero-order valence-electron chi connectivity index (χ0n) is 51.8. The second kappa shape index (κ2) is 32.0. The van der Waals surface area contributed by atoms with Gasteiger partial charge in [0.15, 0.2) is 18.1 Å². The summed E-state index contributed by atoms with van der Waals surface area (Å²) in [5, 5.41) is 15.8. The molecule has 2 bridgehead atoms. The van der Waals surface area contributed by atoms with Crippen molar-refractivity contribution in [3.63, 3.8) is 0 Å². The van der Waals surface area contributed by atoms with Gasteiger partial charge >= 0.3 is 11.9 Å². The van der Waals surface area contributed by atoms with Crippen molar-refractivity contribution in [1.29, 1.82) is 0 Å². The number of piperidine rings is 1. The second-order valence-corrected chi connectivity index (χ2v) is 23.1. The predicted octanol–water partition coefficient (Wildman–Crippen LogP) is 6.07. The molecule has 22 heteroatoms. The maximum absolute atomic E-state index is 16.4. The molecule has 2 aliphatic heterocycles. The van der Waals surface area contributed by atoms with E-state index in [1.54, 1.807) is 91.0 Å². The first-order valence-electron chi connectivity index (χ1n) is 29.8. The summed E-state index contributed by atoms with van der Waals surface area (Å²) >= 11 is 0. The lowest BCUT2D eigenvalue weighted by molar-refractivity contribution is -0.165. The minimum atomic E-state index is -1.57. The number of ketones is 1. The number of nitrogens with one attached hydrogen (secondary N) is 2. The first kappa shape index (κ1) is 67.9. The molecule has 5 aromatic carbocycles. The van der Waals surface area contributed by atoms with E-state index in [4.69, 9.17) is 23.7 Å². The van der Waals surface area contributed by atoms with Crippen LogP contribution in [0.5, 0.6) is 23.0 Å². The van der Waals surface area contributed by atoms with Gasteiger partial charge in [0.05, 0.1) is 26.2 Å². The summed E-state index contributed by atoms with van der Waals surface area (Å²) in [7, 11) is 7.25. The summed E-state index contributed by atoms with van der Waals surface area (Å²) in [4.78, 5) is 133. The maximum atomic E-state index is 16.4. The Kier molecular flexibility index (Phi) is 24.2. The number of nitrogens with zero attached hydrogens (tertiary/aromatic N) is 4. The third kappa shape index (κ3) is 18.7. The van der Waals surface area contributed by atoms with Gasteiger partial charge in [-0.05, 0) is 117 Å². The standard InChI is InChI=1S/C68H79FN6O15/c1-68(2)43-89-61(79)23-15-16-34-72(3)64(82)52(36-44-18-10-8-11-19-44)70-59(77)41-73(4)65(83)53(37-45-20-12-9-13-21-45)71-63(81)55(38-46-24-28-48(76)29-25-46)74(5)60(78)42-88-49-30-31-51(69)50(40-49)56(32-26-47-27-33-57(86-6)58(39-47)87-7)90-67(85)54-22-14-17-35-75(54)66(84)62(68)80/h8-13,15,18-21,23-25,27-31,33,39-40,52-56,76H,14,16-17,22,26,32,34-38,41-43H2,1-7H3,(H,70,77)(H,71,81)/b23-15+/t52-,53-,54+,55+,56-/m1/s1. The van der Waals surface area contributed by atoms with Gasteiger partial charge in [-0.1, -0.05) is 84.9 Å². The molecule has 0 saturated carbocycles. The number of hydrogen-bond acceptors (Lipinski definition) is 15. The van der Waals surface area contributed by atoms with Gasteiger partial charge in [-0.3, -0.25) is 33.6 Å². The van der Waals surface area contributed by atoms with Crippen LogP contribution in [0.2, 0.25) is 0 Å². The number of aryl methyl sites for hydroxylation is 1. The van der Waals surface area contributed by atoms with Crippen LogP contribution >= 0.6 is 0 Å². The van der Waals surface area contributed by atoms with Crippen LogP contribution in [0.15, 0.2) is 133 Å². The van der Waals surface area contributed by atoms with Gasteiger partial charge in [-0.25, -0.2) is 14.0 Å². The van der Waals surface area contributed by atoms with E-state index >= 15 is 4.39 Å². The number of cyclic esters (lactones) is 2. The second-order valence-electron chi connectivity index (χ2n) is 23.1. The van der Waals surface area contributed by atoms with Crippen molar-refractivity contribution in [3.05, 3.63) is 167 Å². The average molecular weight is 1240 g/mol. The summed E-state index contributed by atoms with van der Waals surface area (Å²) in [6.45, 7) is 1.21. The van der Waals surface area contributed by atoms with Gasteiger partial charge in [-0.15, -0.1) is 0 Å². The normalized spacial score (nSPS) is 21.4. The lowest BCUT2D eigenvalue weighted by atomic mass is 9.87. The van der Waals surface area contributed by atoms with Crippen molar-refractivity contribution in [1.82, 2.24) is 30.2 Å². The van der Waals surface area contributed by atoms with E-state index in [9.17, 15) is 48.3 Å². The number of carbonyl (C=O) groups is 9. The molecule has 0 radical (unpaired) electrons. The number of amides is 6. The largest absolute Gasteiger partial charge is 0.508 e. The zero-order chi connectivity index (χ0) is 65.1. The molecule has 5 aromatic rings. The van der Waals surface area contributed by atoms with Crippen molar-refractivity contribution < 1.29 is 76.3 Å². The van der Waals surface area contributed by atoms with E-state index in [0.717, 1.165) is 32.4 Å². The van der Waals surface area contributed by atoms with Gasteiger partial charge in [0.1, 0.15) is 54.2 Å². The molecule has 0 aliphatic carbocycles. The summed E-state index contributed by atoms with van der Waals surface area (Å²) in [5.74, 6) is -7.03. The Morgan fingerprint density at radius 1 is 0.678 bits per heavy atom. The fourth-order valence-corrected chi connectivity index (χ4v) is 10.6. The van der Waals surface area contributed by atoms with Crippen molar-refractivity contribution >= 4 is 53.2 Å². The van der Waals surface area contributed by atoms with Crippen molar-refractivity contribution in [2.24, 2.45) is 5.41 Å². The SMILES string of the molecule is COc1ccc(CC[C@H]2OC(=O)[C@@H]3CCCCN3C(=O)C(=O)C(C)(C)COC(=O)/C=C/CCN(C)C(=O)[C@@H](Cc3ccccc3)NC(=O)CN(C)C(=O)[C@@H](Cc3ccccc3)NC(=O)[C@H](Cc3ccc(O)cc3)N(C)C(=O)COc3ccc(F)c2c3)cc1OC. The Bertz CT molecular complexity index is 3380. The Balaban J connectivity index is 1.23. The molecule has 5 atom stereocenters. The van der Waals surface area contributed by atoms with Crippen LogP contribution < -0.4 is 24.8 Å². The maximum Gasteiger partial charge on any atom is 0.330 e. The molecule has 0 unspecified atom stereocenters. The molecule has 0 spiro atoms. The number of ether oxygens (including phenoxy) is 5. The monoisotopic (exact) mass is 1240 g/mol. The number of esters is 2. The van der Waals surface area contributed by atoms with Crippen LogP contribution in [0.3, 0.4) is 0 Å². The van der Waals surface area contributed by atoms with Gasteiger partial charge in [0, 0.05) is 65.1 Å². The first-order valence-corrected chi connectivity index (χ1v) is 29.8. The number of rotatable bonds is 11. The molecule has 21 nitrogen and oxygen atoms in total. The van der Waals surface area contributed by atoms with E-state index in [-0.39, 0.29) is 75.1 Å². The molecule has 6 amide bonds. The van der Waals surface area contributed by atoms with E-state index in [0.29, 0.717) is 41.0 Å². The Morgan fingerprint density at radius 2 is 1.30 bits per heavy atom. The fourth-order valence-electron chi connectivity index (χ4n) is 10.6. The van der Waals surface area contributed by atoms with Gasteiger partial charge in [0.25, 0.3) is 11.8 Å². The van der Waals surface area contributed by atoms with E-state index < -0.39 is 114 Å². The summed E-state index contributed by atoms with van der Waals surface area (Å²) < 4.78 is 45.0. The first-order chi connectivity index (χ1) is 43.0. The summed E-state index contributed by atoms with van der Waals surface area (Å²) in [6, 6.07) is 27.6. The molecule has 2 heterocycles. The van der Waals surface area contributed by atoms with E-state index in [2.05, 4.69) is 10.6 Å². The molecule has 0 aromatic heterocycles. The van der Waals surface area contributed by atoms with Crippen LogP contribution in [-0.4, -0.2) is 170 Å². The molecule has 3 N–H and O–H groups in total. The van der Waals surface area contributed by atoms with E-state index in [1.165, 1.54) is 84.5 Å². The lowest BCUT2D eigenvalue weighted by Crippen LogP contribution is -2.57. The van der Waals surface area contributed by atoms with Crippen molar-refractivity contribution in [2.75, 3.05) is 68.2 Å². The van der Waals surface area contributed by atoms with Gasteiger partial charge in [0.2, 0.25) is 29.4 Å². The quantitative estimate of drug-likeness (QED) is 0.100. The number of fused-ring (bicyclic) bond motifs is 3. The van der Waals surface area contributed by atoms with Crippen LogP contribution in [0.1, 0.15) is 79.9 Å². The number of likely N-dealkylation sites (N-methyl/N-ethyl adjacent to an activating group) is 3. The highest BCUT2D eigenvalue weighted by Gasteiger charge is 2.43. The molecular weight excluding hydrogens is 1160 g/mol. The molecule has 7 rings (SSSR count). The molecule has 1 saturated heterocycles. The smallest absolute Gasteiger partial charge is 0.330 e. The van der Waals surface area contributed by atoms with Crippen LogP contribution in [0.4, 0.5) is 4.39 Å². The highest BCUT2D eigenvalue weighted by atomic mass is 19.1. The van der Waals surface area contributed by atoms with Crippen LogP contribution in [-0.2, 0) is 78.3 Å². The summed E-state index contributed by atoms with van der Waals surface area (Å²) in [5.41, 5.74) is 0.903. The molecule has 90 heavy (non-hydrogen) atoms. The van der Waals surface area contributed by atoms with E-state index in [1.807, 2.05) is 0 Å². The molecule has 478 valence electrons. The Hall–Kier alpha value is -9.60. The number of phenolic OH excluding ortho intramolecular Hbond substituents is 1. The lowest BCUT2D eigenvalue weighted by Gasteiger charge is -2.36. The average Bonchev–Trinajstić information content (AvgIpc) is 1.50. The van der Waals surface area contributed by atoms with Crippen LogP contribution in [0, 0.1) is 11.2 Å². The third-order valence-corrected chi connectivity index (χ3v) is 15.9. The minimum Gasteiger partial charge on any atom is -0.508 e.